The highest BCUT2D eigenvalue weighted by Gasteiger charge is 2.28. The van der Waals surface area contributed by atoms with Crippen LogP contribution in [0.2, 0.25) is 0 Å². The third-order valence-electron chi connectivity index (χ3n) is 3.22. The number of hydrogen-bond donors (Lipinski definition) is 2. The van der Waals surface area contributed by atoms with Gasteiger partial charge in [-0.25, -0.2) is 0 Å². The molecule has 0 unspecified atom stereocenters. The SMILES string of the molecule is CN=C(NCCCOCCOC)NCc1ccccc1OCC(F)(F)F.I. The van der Waals surface area contributed by atoms with Gasteiger partial charge in [-0.3, -0.25) is 4.99 Å². The number of alkyl halides is 3. The number of para-hydroxylation sites is 1. The first-order valence-electron chi connectivity index (χ1n) is 8.25. The first kappa shape index (κ1) is 25.7. The number of hydrogen-bond acceptors (Lipinski definition) is 4. The molecule has 27 heavy (non-hydrogen) atoms. The highest BCUT2D eigenvalue weighted by molar-refractivity contribution is 14.0. The molecule has 1 aromatic rings. The van der Waals surface area contributed by atoms with E-state index in [0.29, 0.717) is 37.9 Å². The lowest BCUT2D eigenvalue weighted by Crippen LogP contribution is -2.37. The normalized spacial score (nSPS) is 11.7. The molecular weight excluding hydrogens is 478 g/mol. The molecule has 10 heteroatoms. The van der Waals surface area contributed by atoms with Gasteiger partial charge in [0, 0.05) is 39.4 Å². The van der Waals surface area contributed by atoms with E-state index in [4.69, 9.17) is 14.2 Å². The molecule has 0 atom stereocenters. The summed E-state index contributed by atoms with van der Waals surface area (Å²) < 4.78 is 52.1. The Hall–Kier alpha value is -1.27. The Bertz CT molecular complexity index is 546. The van der Waals surface area contributed by atoms with Gasteiger partial charge in [-0.2, -0.15) is 13.2 Å². The zero-order chi connectivity index (χ0) is 19.3. The predicted octanol–water partition coefficient (Wildman–Crippen LogP) is 2.96. The Kier molecular flexibility index (Phi) is 14.1. The van der Waals surface area contributed by atoms with E-state index in [1.54, 1.807) is 32.4 Å². The van der Waals surface area contributed by atoms with E-state index in [1.165, 1.54) is 6.07 Å². The Labute approximate surface area is 174 Å². The van der Waals surface area contributed by atoms with Crippen molar-refractivity contribution in [1.29, 1.82) is 0 Å². The van der Waals surface area contributed by atoms with Gasteiger partial charge in [0.1, 0.15) is 5.75 Å². The third kappa shape index (κ3) is 12.7. The summed E-state index contributed by atoms with van der Waals surface area (Å²) in [6.07, 6.45) is -3.58. The molecule has 0 saturated heterocycles. The monoisotopic (exact) mass is 505 g/mol. The fourth-order valence-corrected chi connectivity index (χ4v) is 1.98. The highest BCUT2D eigenvalue weighted by Crippen LogP contribution is 2.21. The summed E-state index contributed by atoms with van der Waals surface area (Å²) in [4.78, 5) is 4.08. The predicted molar refractivity (Wildman–Crippen MR) is 109 cm³/mol. The summed E-state index contributed by atoms with van der Waals surface area (Å²) in [5.41, 5.74) is 0.614. The van der Waals surface area contributed by atoms with Crippen LogP contribution < -0.4 is 15.4 Å². The largest absolute Gasteiger partial charge is 0.484 e. The van der Waals surface area contributed by atoms with Crippen LogP contribution in [-0.4, -0.2) is 59.3 Å². The molecule has 0 aliphatic carbocycles. The second-order valence-electron chi connectivity index (χ2n) is 5.32. The number of nitrogens with zero attached hydrogens (tertiary/aromatic N) is 1. The highest BCUT2D eigenvalue weighted by atomic mass is 127. The van der Waals surface area contributed by atoms with Crippen LogP contribution in [-0.2, 0) is 16.0 Å². The maximum absolute atomic E-state index is 12.3. The van der Waals surface area contributed by atoms with Gasteiger partial charge in [-0.15, -0.1) is 24.0 Å². The van der Waals surface area contributed by atoms with Crippen LogP contribution in [0.4, 0.5) is 13.2 Å². The number of aliphatic imine (C=N–C) groups is 1. The molecule has 0 aliphatic heterocycles. The second-order valence-corrected chi connectivity index (χ2v) is 5.32. The van der Waals surface area contributed by atoms with Gasteiger partial charge in [0.25, 0.3) is 0 Å². The summed E-state index contributed by atoms with van der Waals surface area (Å²) in [5.74, 6) is 0.742. The maximum atomic E-state index is 12.3. The van der Waals surface area contributed by atoms with E-state index < -0.39 is 12.8 Å². The van der Waals surface area contributed by atoms with Crippen LogP contribution in [0.3, 0.4) is 0 Å². The molecule has 0 spiro atoms. The number of benzene rings is 1. The zero-order valence-electron chi connectivity index (χ0n) is 15.5. The number of guanidine groups is 1. The minimum Gasteiger partial charge on any atom is -0.484 e. The van der Waals surface area contributed by atoms with Crippen molar-refractivity contribution < 1.29 is 27.4 Å². The summed E-state index contributed by atoms with van der Waals surface area (Å²) >= 11 is 0. The Morgan fingerprint density at radius 3 is 2.52 bits per heavy atom. The Morgan fingerprint density at radius 1 is 1.11 bits per heavy atom. The van der Waals surface area contributed by atoms with Crippen LogP contribution in [0.25, 0.3) is 0 Å². The lowest BCUT2D eigenvalue weighted by Gasteiger charge is -2.15. The molecular formula is C17H27F3IN3O3. The standard InChI is InChI=1S/C17H26F3N3O3.HI/c1-21-16(22-8-5-9-25-11-10-24-2)23-12-14-6-3-4-7-15(14)26-13-17(18,19)20;/h3-4,6-7H,5,8-13H2,1-2H3,(H2,21,22,23);1H. The van der Waals surface area contributed by atoms with Crippen molar-refractivity contribution in [3.05, 3.63) is 29.8 Å². The molecule has 1 aromatic carbocycles. The molecule has 6 nitrogen and oxygen atoms in total. The van der Waals surface area contributed by atoms with Gasteiger partial charge in [0.2, 0.25) is 0 Å². The molecule has 0 aliphatic rings. The van der Waals surface area contributed by atoms with Crippen molar-refractivity contribution in [2.75, 3.05) is 47.1 Å². The van der Waals surface area contributed by atoms with E-state index in [0.717, 1.165) is 6.42 Å². The van der Waals surface area contributed by atoms with Crippen molar-refractivity contribution in [3.63, 3.8) is 0 Å². The fraction of sp³-hybridized carbons (Fsp3) is 0.588. The zero-order valence-corrected chi connectivity index (χ0v) is 17.8. The summed E-state index contributed by atoms with van der Waals surface area (Å²) in [7, 11) is 3.24. The summed E-state index contributed by atoms with van der Waals surface area (Å²) in [6.45, 7) is 1.34. The Balaban J connectivity index is 0.00000676. The molecule has 0 bridgehead atoms. The number of ether oxygens (including phenoxy) is 3. The fourth-order valence-electron chi connectivity index (χ4n) is 1.98. The molecule has 0 aromatic heterocycles. The van der Waals surface area contributed by atoms with E-state index in [2.05, 4.69) is 15.6 Å². The van der Waals surface area contributed by atoms with Crippen LogP contribution in [0.1, 0.15) is 12.0 Å². The van der Waals surface area contributed by atoms with Crippen molar-refractivity contribution in [1.82, 2.24) is 10.6 Å². The van der Waals surface area contributed by atoms with Crippen LogP contribution >= 0.6 is 24.0 Å². The number of halogens is 4. The maximum Gasteiger partial charge on any atom is 0.422 e. The quantitative estimate of drug-likeness (QED) is 0.210. The molecule has 0 heterocycles. The van der Waals surface area contributed by atoms with Gasteiger partial charge in [-0.05, 0) is 12.5 Å². The van der Waals surface area contributed by atoms with Gasteiger partial charge in [0.15, 0.2) is 12.6 Å². The van der Waals surface area contributed by atoms with Gasteiger partial charge in [-0.1, -0.05) is 18.2 Å². The van der Waals surface area contributed by atoms with Crippen molar-refractivity contribution >= 4 is 29.9 Å². The molecule has 2 N–H and O–H groups in total. The van der Waals surface area contributed by atoms with E-state index in [1.807, 2.05) is 0 Å². The summed E-state index contributed by atoms with van der Waals surface area (Å²) in [5, 5.41) is 6.16. The minimum absolute atomic E-state index is 0. The first-order valence-corrected chi connectivity index (χ1v) is 8.25. The molecule has 0 saturated carbocycles. The van der Waals surface area contributed by atoms with E-state index in [-0.39, 0.29) is 36.3 Å². The van der Waals surface area contributed by atoms with Gasteiger partial charge >= 0.3 is 6.18 Å². The average molecular weight is 505 g/mol. The third-order valence-corrected chi connectivity index (χ3v) is 3.22. The summed E-state index contributed by atoms with van der Waals surface area (Å²) in [6, 6.07) is 6.59. The molecule has 0 amide bonds. The lowest BCUT2D eigenvalue weighted by atomic mass is 10.2. The molecule has 0 radical (unpaired) electrons. The lowest BCUT2D eigenvalue weighted by molar-refractivity contribution is -0.153. The van der Waals surface area contributed by atoms with Crippen LogP contribution in [0, 0.1) is 0 Å². The van der Waals surface area contributed by atoms with Crippen molar-refractivity contribution in [2.24, 2.45) is 4.99 Å². The minimum atomic E-state index is -4.37. The second kappa shape index (κ2) is 14.7. The van der Waals surface area contributed by atoms with Crippen LogP contribution in [0.5, 0.6) is 5.75 Å². The van der Waals surface area contributed by atoms with Crippen molar-refractivity contribution in [2.45, 2.75) is 19.1 Å². The van der Waals surface area contributed by atoms with Crippen molar-refractivity contribution in [3.8, 4) is 5.75 Å². The van der Waals surface area contributed by atoms with Crippen LogP contribution in [0.15, 0.2) is 29.3 Å². The van der Waals surface area contributed by atoms with Gasteiger partial charge < -0.3 is 24.8 Å². The topological polar surface area (TPSA) is 64.1 Å². The molecule has 1 rings (SSSR count). The van der Waals surface area contributed by atoms with Gasteiger partial charge in [0.05, 0.1) is 13.2 Å². The number of rotatable bonds is 11. The van der Waals surface area contributed by atoms with E-state index >= 15 is 0 Å². The average Bonchev–Trinajstić information content (AvgIpc) is 2.61. The first-order chi connectivity index (χ1) is 12.5. The molecule has 156 valence electrons. The number of nitrogens with one attached hydrogen (secondary N) is 2. The molecule has 0 fully saturated rings. The van der Waals surface area contributed by atoms with E-state index in [9.17, 15) is 13.2 Å². The smallest absolute Gasteiger partial charge is 0.422 e. The number of methoxy groups -OCH3 is 1. The Morgan fingerprint density at radius 2 is 1.85 bits per heavy atom.